The van der Waals surface area contributed by atoms with Crippen molar-refractivity contribution in [2.45, 2.75) is 13.0 Å². The molecule has 0 aliphatic heterocycles. The van der Waals surface area contributed by atoms with E-state index in [0.717, 1.165) is 20.2 Å². The fraction of sp³-hybridized carbons (Fsp3) is 0.188. The lowest BCUT2D eigenvalue weighted by molar-refractivity contribution is -0.144. The molecule has 1 unspecified atom stereocenters. The highest BCUT2D eigenvalue weighted by Gasteiger charge is 2.22. The first-order valence-electron chi connectivity index (χ1n) is 6.55. The van der Waals surface area contributed by atoms with E-state index < -0.39 is 6.04 Å². The van der Waals surface area contributed by atoms with E-state index in [4.69, 9.17) is 4.74 Å². The minimum absolute atomic E-state index is 0.296. The molecule has 0 fully saturated rings. The summed E-state index contributed by atoms with van der Waals surface area (Å²) in [6, 6.07) is 14.7. The number of esters is 1. The van der Waals surface area contributed by atoms with Gasteiger partial charge in [0.1, 0.15) is 0 Å². The molecule has 0 spiro atoms. The first-order valence-corrected chi connectivity index (χ1v) is 8.13. The van der Waals surface area contributed by atoms with Gasteiger partial charge >= 0.3 is 5.97 Å². The molecule has 2 aromatic carbocycles. The fourth-order valence-electron chi connectivity index (χ4n) is 1.89. The first-order chi connectivity index (χ1) is 10.1. The number of halogens is 2. The predicted octanol–water partition coefficient (Wildman–Crippen LogP) is 4.93. The summed E-state index contributed by atoms with van der Waals surface area (Å²) < 4.78 is 7.04. The third-order valence-electron chi connectivity index (χ3n) is 2.90. The molecule has 110 valence electrons. The average Bonchev–Trinajstić information content (AvgIpc) is 2.48. The lowest BCUT2D eigenvalue weighted by atomic mass is 10.1. The van der Waals surface area contributed by atoms with Crippen LogP contribution in [0.5, 0.6) is 0 Å². The SMILES string of the molecule is CCOC(=O)C(Nc1ccccc1Br)c1ccc(Br)cc1. The van der Waals surface area contributed by atoms with E-state index in [0.29, 0.717) is 6.61 Å². The molecule has 3 nitrogen and oxygen atoms in total. The van der Waals surface area contributed by atoms with Crippen molar-refractivity contribution in [3.63, 3.8) is 0 Å². The molecule has 0 saturated heterocycles. The van der Waals surface area contributed by atoms with Gasteiger partial charge in [0, 0.05) is 14.6 Å². The number of hydrogen-bond donors (Lipinski definition) is 1. The van der Waals surface area contributed by atoms with E-state index in [2.05, 4.69) is 37.2 Å². The van der Waals surface area contributed by atoms with Gasteiger partial charge in [0.05, 0.1) is 6.61 Å². The standard InChI is InChI=1S/C16H15Br2NO2/c1-2-21-16(20)15(11-7-9-12(17)10-8-11)19-14-6-4-3-5-13(14)18/h3-10,15,19H,2H2,1H3. The number of carbonyl (C=O) groups is 1. The van der Waals surface area contributed by atoms with Crippen LogP contribution in [0.25, 0.3) is 0 Å². The number of hydrogen-bond acceptors (Lipinski definition) is 3. The second-order valence-corrected chi connectivity index (χ2v) is 6.13. The van der Waals surface area contributed by atoms with Crippen molar-refractivity contribution in [2.75, 3.05) is 11.9 Å². The van der Waals surface area contributed by atoms with Gasteiger partial charge in [-0.3, -0.25) is 0 Å². The highest BCUT2D eigenvalue weighted by Crippen LogP contribution is 2.27. The van der Waals surface area contributed by atoms with Crippen LogP contribution in [0.15, 0.2) is 57.5 Å². The Morgan fingerprint density at radius 3 is 2.43 bits per heavy atom. The molecule has 1 atom stereocenters. The van der Waals surface area contributed by atoms with Crippen molar-refractivity contribution in [3.05, 3.63) is 63.0 Å². The molecule has 0 heterocycles. The number of carbonyl (C=O) groups excluding carboxylic acids is 1. The molecule has 1 N–H and O–H groups in total. The van der Waals surface area contributed by atoms with Gasteiger partial charge in [-0.2, -0.15) is 0 Å². The molecule has 0 aliphatic carbocycles. The monoisotopic (exact) mass is 411 g/mol. The largest absolute Gasteiger partial charge is 0.464 e. The maximum absolute atomic E-state index is 12.2. The van der Waals surface area contributed by atoms with Gasteiger partial charge in [-0.25, -0.2) is 4.79 Å². The molecule has 0 aromatic heterocycles. The predicted molar refractivity (Wildman–Crippen MR) is 91.3 cm³/mol. The summed E-state index contributed by atoms with van der Waals surface area (Å²) in [6.07, 6.45) is 0. The molecule has 0 radical (unpaired) electrons. The van der Waals surface area contributed by atoms with Crippen LogP contribution >= 0.6 is 31.9 Å². The van der Waals surface area contributed by atoms with Gasteiger partial charge < -0.3 is 10.1 Å². The minimum atomic E-state index is -0.545. The topological polar surface area (TPSA) is 38.3 Å². The van der Waals surface area contributed by atoms with Crippen LogP contribution in [0.4, 0.5) is 5.69 Å². The Hall–Kier alpha value is -1.33. The highest BCUT2D eigenvalue weighted by molar-refractivity contribution is 9.10. The number of rotatable bonds is 5. The van der Waals surface area contributed by atoms with Crippen molar-refractivity contribution in [1.29, 1.82) is 0 Å². The van der Waals surface area contributed by atoms with Gasteiger partial charge in [0.15, 0.2) is 6.04 Å². The Kier molecular flexibility index (Phi) is 5.82. The van der Waals surface area contributed by atoms with E-state index in [9.17, 15) is 4.79 Å². The van der Waals surface area contributed by atoms with E-state index in [1.54, 1.807) is 6.92 Å². The van der Waals surface area contributed by atoms with Crippen LogP contribution in [0.3, 0.4) is 0 Å². The van der Waals surface area contributed by atoms with Gasteiger partial charge in [-0.1, -0.05) is 40.2 Å². The summed E-state index contributed by atoms with van der Waals surface area (Å²) in [5.41, 5.74) is 1.70. The Balaban J connectivity index is 2.30. The zero-order chi connectivity index (χ0) is 15.2. The maximum Gasteiger partial charge on any atom is 0.333 e. The number of benzene rings is 2. The highest BCUT2D eigenvalue weighted by atomic mass is 79.9. The van der Waals surface area contributed by atoms with E-state index in [1.165, 1.54) is 0 Å². The first kappa shape index (κ1) is 16.0. The van der Waals surface area contributed by atoms with Crippen molar-refractivity contribution < 1.29 is 9.53 Å². The second kappa shape index (κ2) is 7.61. The summed E-state index contributed by atoms with van der Waals surface area (Å²) in [4.78, 5) is 12.2. The quantitative estimate of drug-likeness (QED) is 0.707. The van der Waals surface area contributed by atoms with Gasteiger partial charge in [-0.05, 0) is 52.7 Å². The van der Waals surface area contributed by atoms with Gasteiger partial charge in [-0.15, -0.1) is 0 Å². The number of ether oxygens (including phenoxy) is 1. The minimum Gasteiger partial charge on any atom is -0.464 e. The van der Waals surface area contributed by atoms with E-state index >= 15 is 0 Å². The number of anilines is 1. The number of para-hydroxylation sites is 1. The third kappa shape index (κ3) is 4.32. The fourth-order valence-corrected chi connectivity index (χ4v) is 2.56. The van der Waals surface area contributed by atoms with Crippen molar-refractivity contribution in [1.82, 2.24) is 0 Å². The molecule has 5 heteroatoms. The van der Waals surface area contributed by atoms with E-state index in [-0.39, 0.29) is 5.97 Å². The van der Waals surface area contributed by atoms with Crippen molar-refractivity contribution in [3.8, 4) is 0 Å². The molecule has 0 bridgehead atoms. The average molecular weight is 413 g/mol. The van der Waals surface area contributed by atoms with Gasteiger partial charge in [0.25, 0.3) is 0 Å². The van der Waals surface area contributed by atoms with Crippen LogP contribution in [0, 0.1) is 0 Å². The molecule has 2 rings (SSSR count). The van der Waals surface area contributed by atoms with Gasteiger partial charge in [0.2, 0.25) is 0 Å². The molecule has 2 aromatic rings. The summed E-state index contributed by atoms with van der Waals surface area (Å²) in [5, 5.41) is 3.23. The molecular formula is C16H15Br2NO2. The normalized spacial score (nSPS) is 11.8. The van der Waals surface area contributed by atoms with Crippen LogP contribution in [-0.2, 0) is 9.53 Å². The Bertz CT molecular complexity index is 614. The van der Waals surface area contributed by atoms with E-state index in [1.807, 2.05) is 48.5 Å². The third-order valence-corrected chi connectivity index (χ3v) is 4.12. The van der Waals surface area contributed by atoms with Crippen molar-refractivity contribution >= 4 is 43.5 Å². The molecule has 0 aliphatic rings. The molecule has 21 heavy (non-hydrogen) atoms. The zero-order valence-corrected chi connectivity index (χ0v) is 14.6. The van der Waals surface area contributed by atoms with Crippen molar-refractivity contribution in [2.24, 2.45) is 0 Å². The molecule has 0 saturated carbocycles. The Morgan fingerprint density at radius 1 is 1.14 bits per heavy atom. The Morgan fingerprint density at radius 2 is 1.81 bits per heavy atom. The summed E-state index contributed by atoms with van der Waals surface area (Å²) in [7, 11) is 0. The molecule has 0 amide bonds. The maximum atomic E-state index is 12.2. The van der Waals surface area contributed by atoms with Crippen LogP contribution in [-0.4, -0.2) is 12.6 Å². The van der Waals surface area contributed by atoms with Crippen LogP contribution in [0.1, 0.15) is 18.5 Å². The summed E-state index contributed by atoms with van der Waals surface area (Å²) in [6.45, 7) is 2.15. The lowest BCUT2D eigenvalue weighted by Crippen LogP contribution is -2.23. The summed E-state index contributed by atoms with van der Waals surface area (Å²) >= 11 is 6.87. The van der Waals surface area contributed by atoms with Crippen LogP contribution < -0.4 is 5.32 Å². The van der Waals surface area contributed by atoms with Crippen LogP contribution in [0.2, 0.25) is 0 Å². The lowest BCUT2D eigenvalue weighted by Gasteiger charge is -2.19. The summed E-state index contributed by atoms with van der Waals surface area (Å²) in [5.74, 6) is -0.296. The Labute approximate surface area is 141 Å². The zero-order valence-electron chi connectivity index (χ0n) is 11.5. The smallest absolute Gasteiger partial charge is 0.333 e. The molecular weight excluding hydrogens is 398 g/mol. The number of nitrogens with one attached hydrogen (secondary N) is 1. The second-order valence-electron chi connectivity index (χ2n) is 4.36.